The van der Waals surface area contributed by atoms with Gasteiger partial charge in [0.25, 0.3) is 0 Å². The maximum absolute atomic E-state index is 6.59. The number of benzene rings is 1. The average molecular weight is 264 g/mol. The topological polar surface area (TPSA) is 18.5 Å². The summed E-state index contributed by atoms with van der Waals surface area (Å²) in [4.78, 5) is 0. The summed E-state index contributed by atoms with van der Waals surface area (Å²) in [7, 11) is -1.79. The number of para-hydroxylation sites is 1. The van der Waals surface area contributed by atoms with Crippen LogP contribution in [0.25, 0.3) is 0 Å². The molecule has 18 heavy (non-hydrogen) atoms. The summed E-state index contributed by atoms with van der Waals surface area (Å²) in [6.07, 6.45) is 0. The molecule has 1 atom stereocenters. The summed E-state index contributed by atoms with van der Waals surface area (Å²) in [5.74, 6) is 0.971. The Morgan fingerprint density at radius 3 is 2.44 bits per heavy atom. The molecule has 2 nitrogen and oxygen atoms in total. The summed E-state index contributed by atoms with van der Waals surface area (Å²) in [6.45, 7) is 14.2. The molecule has 0 saturated carbocycles. The van der Waals surface area contributed by atoms with Gasteiger partial charge in [-0.3, -0.25) is 0 Å². The Hall–Kier alpha value is -0.803. The number of fused-ring (bicyclic) bond motifs is 1. The standard InChI is InChI=1S/C15H24O2Si/c1-14(2,3)18(5,6)17-15(4)11-16-13-10-8-7-9-12(13)15/h7-10H,11H2,1-6H3/t15-/m0/s1. The molecule has 0 fully saturated rings. The molecule has 1 aliphatic rings. The SMILES string of the molecule is CC(C)(C)[Si](C)(C)O[C@@]1(C)COc2ccccc21. The van der Waals surface area contributed by atoms with E-state index in [1.54, 1.807) is 0 Å². The van der Waals surface area contributed by atoms with Crippen molar-refractivity contribution in [2.45, 2.75) is 51.4 Å². The van der Waals surface area contributed by atoms with E-state index in [1.807, 2.05) is 12.1 Å². The first-order valence-corrected chi connectivity index (χ1v) is 9.49. The molecule has 0 radical (unpaired) electrons. The normalized spacial score (nSPS) is 23.7. The van der Waals surface area contributed by atoms with Crippen LogP contribution in [0.2, 0.25) is 18.1 Å². The summed E-state index contributed by atoms with van der Waals surface area (Å²) in [6, 6.07) is 8.21. The van der Waals surface area contributed by atoms with Crippen LogP contribution in [0.3, 0.4) is 0 Å². The molecule has 1 aromatic carbocycles. The fourth-order valence-corrected chi connectivity index (χ4v) is 3.72. The quantitative estimate of drug-likeness (QED) is 0.741. The lowest BCUT2D eigenvalue weighted by Gasteiger charge is -2.42. The summed E-state index contributed by atoms with van der Waals surface area (Å²) in [5, 5.41) is 0.216. The van der Waals surface area contributed by atoms with Gasteiger partial charge in [-0.15, -0.1) is 0 Å². The zero-order valence-corrected chi connectivity index (χ0v) is 13.3. The van der Waals surface area contributed by atoms with Crippen LogP contribution >= 0.6 is 0 Å². The van der Waals surface area contributed by atoms with Crippen LogP contribution in [0.5, 0.6) is 5.75 Å². The zero-order valence-electron chi connectivity index (χ0n) is 12.3. The number of hydrogen-bond acceptors (Lipinski definition) is 2. The van der Waals surface area contributed by atoms with Crippen molar-refractivity contribution in [1.29, 1.82) is 0 Å². The Bertz CT molecular complexity index is 448. The fraction of sp³-hybridized carbons (Fsp3) is 0.600. The molecule has 0 aromatic heterocycles. The smallest absolute Gasteiger partial charge is 0.193 e. The molecule has 0 unspecified atom stereocenters. The molecule has 1 aromatic rings. The highest BCUT2D eigenvalue weighted by molar-refractivity contribution is 6.74. The number of hydrogen-bond donors (Lipinski definition) is 0. The first-order valence-electron chi connectivity index (χ1n) is 6.58. The molecule has 0 bridgehead atoms. The lowest BCUT2D eigenvalue weighted by atomic mass is 9.99. The third-order valence-corrected chi connectivity index (χ3v) is 8.82. The second-order valence-corrected chi connectivity index (χ2v) is 11.6. The lowest BCUT2D eigenvalue weighted by Crippen LogP contribution is -2.48. The molecule has 1 heterocycles. The van der Waals surface area contributed by atoms with Crippen molar-refractivity contribution in [2.75, 3.05) is 6.61 Å². The van der Waals surface area contributed by atoms with Gasteiger partial charge >= 0.3 is 0 Å². The molecule has 2 rings (SSSR count). The summed E-state index contributed by atoms with van der Waals surface area (Å²) < 4.78 is 12.4. The van der Waals surface area contributed by atoms with Gasteiger partial charge in [-0.05, 0) is 31.1 Å². The van der Waals surface area contributed by atoms with Gasteiger partial charge in [0.2, 0.25) is 0 Å². The van der Waals surface area contributed by atoms with Gasteiger partial charge in [0.1, 0.15) is 18.0 Å². The second kappa shape index (κ2) is 4.10. The maximum atomic E-state index is 6.59. The van der Waals surface area contributed by atoms with Crippen LogP contribution in [-0.2, 0) is 10.0 Å². The molecule has 100 valence electrons. The Morgan fingerprint density at radius 1 is 1.22 bits per heavy atom. The molecule has 0 N–H and O–H groups in total. The van der Waals surface area contributed by atoms with Crippen molar-refractivity contribution in [3.05, 3.63) is 29.8 Å². The summed E-state index contributed by atoms with van der Waals surface area (Å²) in [5.41, 5.74) is 0.898. The first kappa shape index (κ1) is 13.6. The molecule has 0 aliphatic carbocycles. The van der Waals surface area contributed by atoms with E-state index in [-0.39, 0.29) is 10.6 Å². The van der Waals surface area contributed by atoms with Gasteiger partial charge < -0.3 is 9.16 Å². The van der Waals surface area contributed by atoms with Crippen molar-refractivity contribution in [3.63, 3.8) is 0 Å². The minimum atomic E-state index is -1.79. The molecule has 3 heteroatoms. The minimum absolute atomic E-state index is 0.216. The average Bonchev–Trinajstić information content (AvgIpc) is 2.55. The van der Waals surface area contributed by atoms with Crippen molar-refractivity contribution < 1.29 is 9.16 Å². The molecule has 0 spiro atoms. The van der Waals surface area contributed by atoms with Crippen LogP contribution in [0.15, 0.2) is 24.3 Å². The van der Waals surface area contributed by atoms with Gasteiger partial charge in [0, 0.05) is 5.56 Å². The van der Waals surface area contributed by atoms with Crippen LogP contribution < -0.4 is 4.74 Å². The van der Waals surface area contributed by atoms with E-state index in [4.69, 9.17) is 9.16 Å². The van der Waals surface area contributed by atoms with E-state index in [2.05, 4.69) is 52.9 Å². The number of ether oxygens (including phenoxy) is 1. The van der Waals surface area contributed by atoms with Crippen molar-refractivity contribution in [2.24, 2.45) is 0 Å². The van der Waals surface area contributed by atoms with Gasteiger partial charge in [-0.25, -0.2) is 0 Å². The van der Waals surface area contributed by atoms with Crippen molar-refractivity contribution >= 4 is 8.32 Å². The predicted octanol–water partition coefficient (Wildman–Crippen LogP) is 4.32. The summed E-state index contributed by atoms with van der Waals surface area (Å²) >= 11 is 0. The molecule has 1 aliphatic heterocycles. The van der Waals surface area contributed by atoms with E-state index in [0.717, 1.165) is 5.75 Å². The third kappa shape index (κ3) is 2.21. The minimum Gasteiger partial charge on any atom is -0.490 e. The Kier molecular flexibility index (Phi) is 3.11. The predicted molar refractivity (Wildman–Crippen MR) is 77.6 cm³/mol. The highest BCUT2D eigenvalue weighted by Gasteiger charge is 2.46. The van der Waals surface area contributed by atoms with E-state index in [9.17, 15) is 0 Å². The highest BCUT2D eigenvalue weighted by Crippen LogP contribution is 2.46. The highest BCUT2D eigenvalue weighted by atomic mass is 28.4. The zero-order chi connectivity index (χ0) is 13.6. The van der Waals surface area contributed by atoms with Crippen LogP contribution in [0.4, 0.5) is 0 Å². The van der Waals surface area contributed by atoms with Gasteiger partial charge in [-0.2, -0.15) is 0 Å². The number of rotatable bonds is 2. The van der Waals surface area contributed by atoms with E-state index >= 15 is 0 Å². The van der Waals surface area contributed by atoms with Gasteiger partial charge in [0.05, 0.1) is 0 Å². The third-order valence-electron chi connectivity index (χ3n) is 4.25. The van der Waals surface area contributed by atoms with E-state index in [1.165, 1.54) is 5.56 Å². The van der Waals surface area contributed by atoms with Gasteiger partial charge in [-0.1, -0.05) is 39.0 Å². The largest absolute Gasteiger partial charge is 0.490 e. The van der Waals surface area contributed by atoms with Crippen molar-refractivity contribution in [3.8, 4) is 5.75 Å². The van der Waals surface area contributed by atoms with Crippen LogP contribution in [0.1, 0.15) is 33.3 Å². The van der Waals surface area contributed by atoms with E-state index in [0.29, 0.717) is 6.61 Å². The molecular formula is C15H24O2Si. The first-order chi connectivity index (χ1) is 8.16. The second-order valence-electron chi connectivity index (χ2n) is 6.88. The Labute approximate surface area is 111 Å². The molecule has 0 amide bonds. The monoisotopic (exact) mass is 264 g/mol. The van der Waals surface area contributed by atoms with E-state index < -0.39 is 8.32 Å². The van der Waals surface area contributed by atoms with Crippen LogP contribution in [0, 0.1) is 0 Å². The fourth-order valence-electron chi connectivity index (χ4n) is 2.12. The van der Waals surface area contributed by atoms with Crippen LogP contribution in [-0.4, -0.2) is 14.9 Å². The molecule has 0 saturated heterocycles. The van der Waals surface area contributed by atoms with Gasteiger partial charge in [0.15, 0.2) is 8.32 Å². The Balaban J connectivity index is 2.31. The maximum Gasteiger partial charge on any atom is 0.193 e. The van der Waals surface area contributed by atoms with Crippen molar-refractivity contribution in [1.82, 2.24) is 0 Å². The molecular weight excluding hydrogens is 240 g/mol. The Morgan fingerprint density at radius 2 is 1.83 bits per heavy atom. The lowest BCUT2D eigenvalue weighted by molar-refractivity contribution is 0.0466.